The van der Waals surface area contributed by atoms with E-state index >= 15 is 0 Å². The van der Waals surface area contributed by atoms with Gasteiger partial charge in [-0.2, -0.15) is 0 Å². The van der Waals surface area contributed by atoms with E-state index in [1.807, 2.05) is 35.4 Å². The molecule has 27 heavy (non-hydrogen) atoms. The Balaban J connectivity index is 1.59. The number of benzene rings is 2. The molecule has 0 aliphatic carbocycles. The zero-order chi connectivity index (χ0) is 18.8. The predicted molar refractivity (Wildman–Crippen MR) is 101 cm³/mol. The van der Waals surface area contributed by atoms with Crippen molar-refractivity contribution in [3.63, 3.8) is 0 Å². The van der Waals surface area contributed by atoms with Gasteiger partial charge in [-0.05, 0) is 48.4 Å². The van der Waals surface area contributed by atoms with Crippen molar-refractivity contribution >= 4 is 17.5 Å². The Kier molecular flexibility index (Phi) is 4.38. The van der Waals surface area contributed by atoms with Gasteiger partial charge in [0, 0.05) is 12.7 Å². The van der Waals surface area contributed by atoms with E-state index in [2.05, 4.69) is 4.99 Å². The highest BCUT2D eigenvalue weighted by Gasteiger charge is 2.28. The third-order valence-electron chi connectivity index (χ3n) is 4.44. The Morgan fingerprint density at radius 2 is 2.07 bits per heavy atom. The fourth-order valence-corrected chi connectivity index (χ4v) is 3.05. The number of esters is 1. The number of methoxy groups -OCH3 is 1. The van der Waals surface area contributed by atoms with Gasteiger partial charge in [0.05, 0.1) is 7.11 Å². The number of nitrogens with zero attached hydrogens (tertiary/aromatic N) is 2. The number of aromatic hydroxyl groups is 1. The molecule has 2 aliphatic rings. The van der Waals surface area contributed by atoms with Gasteiger partial charge in [0.25, 0.3) is 0 Å². The van der Waals surface area contributed by atoms with Gasteiger partial charge < -0.3 is 19.5 Å². The number of carbonyl (C=O) groups is 1. The summed E-state index contributed by atoms with van der Waals surface area (Å²) in [6.07, 6.45) is 6.05. The summed E-state index contributed by atoms with van der Waals surface area (Å²) in [7, 11) is 1.52. The van der Waals surface area contributed by atoms with Gasteiger partial charge in [0.1, 0.15) is 17.1 Å². The van der Waals surface area contributed by atoms with Crippen molar-refractivity contribution in [1.29, 1.82) is 0 Å². The summed E-state index contributed by atoms with van der Waals surface area (Å²) in [6, 6.07) is 12.5. The van der Waals surface area contributed by atoms with Crippen LogP contribution in [0.15, 0.2) is 71.4 Å². The first kappa shape index (κ1) is 16.9. The van der Waals surface area contributed by atoms with E-state index in [4.69, 9.17) is 9.47 Å². The summed E-state index contributed by atoms with van der Waals surface area (Å²) in [5, 5.41) is 9.95. The van der Waals surface area contributed by atoms with E-state index in [9.17, 15) is 9.90 Å². The molecule has 0 saturated heterocycles. The molecule has 0 fully saturated rings. The molecule has 6 nitrogen and oxygen atoms in total. The van der Waals surface area contributed by atoms with Crippen molar-refractivity contribution < 1.29 is 19.4 Å². The molecule has 0 spiro atoms. The SMILES string of the molecule is COc1ccc(CCN2C=CC=C3C(=O)Oc4ccccc4N=C32)cc1O. The number of phenols is 1. The number of rotatable bonds is 4. The maximum atomic E-state index is 12.5. The highest BCUT2D eigenvalue weighted by atomic mass is 16.5. The maximum Gasteiger partial charge on any atom is 0.347 e. The van der Waals surface area contributed by atoms with Crippen LogP contribution < -0.4 is 9.47 Å². The number of hydrogen-bond acceptors (Lipinski definition) is 6. The summed E-state index contributed by atoms with van der Waals surface area (Å²) in [6.45, 7) is 0.591. The Labute approximate surface area is 156 Å². The maximum absolute atomic E-state index is 12.5. The van der Waals surface area contributed by atoms with Crippen LogP contribution in [0.2, 0.25) is 0 Å². The highest BCUT2D eigenvalue weighted by Crippen LogP contribution is 2.33. The van der Waals surface area contributed by atoms with Crippen LogP contribution >= 0.6 is 0 Å². The molecule has 0 amide bonds. The lowest BCUT2D eigenvalue weighted by Gasteiger charge is -2.24. The lowest BCUT2D eigenvalue weighted by atomic mass is 10.1. The van der Waals surface area contributed by atoms with Crippen molar-refractivity contribution in [2.75, 3.05) is 13.7 Å². The van der Waals surface area contributed by atoms with E-state index < -0.39 is 5.97 Å². The number of amidine groups is 1. The largest absolute Gasteiger partial charge is 0.504 e. The van der Waals surface area contributed by atoms with Crippen LogP contribution in [0, 0.1) is 0 Å². The van der Waals surface area contributed by atoms with Crippen molar-refractivity contribution in [1.82, 2.24) is 4.90 Å². The van der Waals surface area contributed by atoms with E-state index in [0.29, 0.717) is 41.6 Å². The topological polar surface area (TPSA) is 71.4 Å². The standard InChI is InChI=1S/C21H18N2O4/c1-26-19-9-8-14(13-17(19)24)10-12-23-11-4-5-15-20(23)22-16-6-2-3-7-18(16)27-21(15)25/h2-9,11,13,24H,10,12H2,1H3. The quantitative estimate of drug-likeness (QED) is 0.667. The summed E-state index contributed by atoms with van der Waals surface area (Å²) in [4.78, 5) is 19.0. The lowest BCUT2D eigenvalue weighted by molar-refractivity contribution is -0.129. The van der Waals surface area contributed by atoms with E-state index in [1.165, 1.54) is 7.11 Å². The molecule has 0 unspecified atom stereocenters. The third-order valence-corrected chi connectivity index (χ3v) is 4.44. The summed E-state index contributed by atoms with van der Waals surface area (Å²) in [5.41, 5.74) is 1.99. The van der Waals surface area contributed by atoms with E-state index in [1.54, 1.807) is 30.4 Å². The zero-order valence-corrected chi connectivity index (χ0v) is 14.8. The molecule has 2 heterocycles. The number of phenolic OH excluding ortho intramolecular Hbond substituents is 1. The fraction of sp³-hybridized carbons (Fsp3) is 0.143. The highest BCUT2D eigenvalue weighted by molar-refractivity contribution is 6.21. The van der Waals surface area contributed by atoms with Gasteiger partial charge in [-0.1, -0.05) is 18.2 Å². The van der Waals surface area contributed by atoms with Crippen LogP contribution in [0.5, 0.6) is 17.2 Å². The van der Waals surface area contributed by atoms with Crippen LogP contribution in [0.4, 0.5) is 5.69 Å². The summed E-state index contributed by atoms with van der Waals surface area (Å²) < 4.78 is 10.5. The van der Waals surface area contributed by atoms with Gasteiger partial charge in [-0.3, -0.25) is 0 Å². The predicted octanol–water partition coefficient (Wildman–Crippen LogP) is 3.35. The minimum absolute atomic E-state index is 0.106. The Morgan fingerprint density at radius 3 is 2.89 bits per heavy atom. The summed E-state index contributed by atoms with van der Waals surface area (Å²) in [5.74, 6) is 1.13. The number of ether oxygens (including phenoxy) is 2. The number of para-hydroxylation sites is 2. The average molecular weight is 362 g/mol. The first-order chi connectivity index (χ1) is 13.2. The van der Waals surface area contributed by atoms with Crippen molar-refractivity contribution in [2.45, 2.75) is 6.42 Å². The number of carbonyl (C=O) groups excluding carboxylic acids is 1. The normalized spacial score (nSPS) is 15.1. The molecule has 2 aromatic rings. The van der Waals surface area contributed by atoms with Gasteiger partial charge in [0.15, 0.2) is 17.2 Å². The van der Waals surface area contributed by atoms with Crippen LogP contribution in [0.25, 0.3) is 0 Å². The minimum atomic E-state index is -0.421. The van der Waals surface area contributed by atoms with Crippen LogP contribution in [-0.2, 0) is 11.2 Å². The van der Waals surface area contributed by atoms with Crippen LogP contribution in [0.1, 0.15) is 5.56 Å². The second kappa shape index (κ2) is 6.99. The molecule has 0 atom stereocenters. The second-order valence-electron chi connectivity index (χ2n) is 6.16. The molecule has 1 N–H and O–H groups in total. The molecule has 136 valence electrons. The monoisotopic (exact) mass is 362 g/mol. The lowest BCUT2D eigenvalue weighted by Crippen LogP contribution is -2.34. The minimum Gasteiger partial charge on any atom is -0.504 e. The Hall–Kier alpha value is -3.54. The Bertz CT molecular complexity index is 991. The number of allylic oxidation sites excluding steroid dienone is 2. The first-order valence-corrected chi connectivity index (χ1v) is 8.57. The molecule has 0 aromatic heterocycles. The van der Waals surface area contributed by atoms with Crippen molar-refractivity contribution in [3.8, 4) is 17.2 Å². The van der Waals surface area contributed by atoms with E-state index in [0.717, 1.165) is 5.56 Å². The number of hydrogen-bond donors (Lipinski definition) is 1. The fourth-order valence-electron chi connectivity index (χ4n) is 3.05. The average Bonchev–Trinajstić information content (AvgIpc) is 2.82. The van der Waals surface area contributed by atoms with Gasteiger partial charge in [0.2, 0.25) is 0 Å². The molecule has 0 radical (unpaired) electrons. The first-order valence-electron chi connectivity index (χ1n) is 8.57. The second-order valence-corrected chi connectivity index (χ2v) is 6.16. The molecular weight excluding hydrogens is 344 g/mol. The van der Waals surface area contributed by atoms with Crippen molar-refractivity contribution in [3.05, 3.63) is 72.0 Å². The van der Waals surface area contributed by atoms with Gasteiger partial charge in [-0.15, -0.1) is 0 Å². The van der Waals surface area contributed by atoms with Crippen molar-refractivity contribution in [2.24, 2.45) is 4.99 Å². The third kappa shape index (κ3) is 3.29. The van der Waals surface area contributed by atoms with E-state index in [-0.39, 0.29) is 5.75 Å². The van der Waals surface area contributed by atoms with Crippen LogP contribution in [-0.4, -0.2) is 35.5 Å². The molecule has 0 bridgehead atoms. The van der Waals surface area contributed by atoms with Crippen LogP contribution in [0.3, 0.4) is 0 Å². The molecule has 2 aromatic carbocycles. The molecule has 4 rings (SSSR count). The molecule has 6 heteroatoms. The molecule has 2 aliphatic heterocycles. The van der Waals surface area contributed by atoms with Gasteiger partial charge in [-0.25, -0.2) is 9.79 Å². The number of fused-ring (bicyclic) bond motifs is 2. The van der Waals surface area contributed by atoms with Gasteiger partial charge >= 0.3 is 5.97 Å². The molecular formula is C21H18N2O4. The molecule has 0 saturated carbocycles. The number of aliphatic imine (C=N–C) groups is 1. The summed E-state index contributed by atoms with van der Waals surface area (Å²) >= 11 is 0. The zero-order valence-electron chi connectivity index (χ0n) is 14.8. The Morgan fingerprint density at radius 1 is 1.22 bits per heavy atom. The smallest absolute Gasteiger partial charge is 0.347 e.